The Morgan fingerprint density at radius 2 is 2.12 bits per heavy atom. The average Bonchev–Trinajstić information content (AvgIpc) is 3.17. The monoisotopic (exact) mass is 327 g/mol. The molecule has 0 aromatic carbocycles. The van der Waals surface area contributed by atoms with Crippen molar-refractivity contribution in [1.82, 2.24) is 29.3 Å². The van der Waals surface area contributed by atoms with Gasteiger partial charge in [-0.2, -0.15) is 10.2 Å². The fourth-order valence-electron chi connectivity index (χ4n) is 2.28. The summed E-state index contributed by atoms with van der Waals surface area (Å²) in [7, 11) is 3.30. The van der Waals surface area contributed by atoms with E-state index in [4.69, 9.17) is 0 Å². The number of hydrogen-bond acceptors (Lipinski definition) is 5. The van der Waals surface area contributed by atoms with E-state index in [0.717, 1.165) is 0 Å². The van der Waals surface area contributed by atoms with Crippen LogP contribution in [-0.4, -0.2) is 55.2 Å². The van der Waals surface area contributed by atoms with Crippen molar-refractivity contribution in [1.29, 1.82) is 0 Å². The van der Waals surface area contributed by atoms with Crippen LogP contribution in [0, 0.1) is 0 Å². The first-order chi connectivity index (χ1) is 11.5. The van der Waals surface area contributed by atoms with Gasteiger partial charge in [-0.25, -0.2) is 9.50 Å². The molecule has 0 atom stereocenters. The summed E-state index contributed by atoms with van der Waals surface area (Å²) in [6, 6.07) is 3.30. The van der Waals surface area contributed by atoms with Gasteiger partial charge in [0.2, 0.25) is 0 Å². The smallest absolute Gasteiger partial charge is 0.276 e. The number of nitrogens with zero attached hydrogens (tertiary/aromatic N) is 6. The van der Waals surface area contributed by atoms with Crippen molar-refractivity contribution in [3.8, 4) is 0 Å². The number of anilines is 1. The molecule has 24 heavy (non-hydrogen) atoms. The molecule has 3 heterocycles. The van der Waals surface area contributed by atoms with E-state index in [9.17, 15) is 9.59 Å². The number of amides is 2. The molecule has 124 valence electrons. The molecule has 0 aliphatic heterocycles. The lowest BCUT2D eigenvalue weighted by Gasteiger charge is -2.13. The first-order valence-electron chi connectivity index (χ1n) is 7.40. The summed E-state index contributed by atoms with van der Waals surface area (Å²) in [4.78, 5) is 30.4. The Bertz CT molecular complexity index is 877. The maximum Gasteiger partial charge on any atom is 0.276 e. The molecule has 0 bridgehead atoms. The molecule has 0 saturated carbocycles. The highest BCUT2D eigenvalue weighted by Gasteiger charge is 2.22. The average molecular weight is 327 g/mol. The van der Waals surface area contributed by atoms with E-state index < -0.39 is 5.91 Å². The van der Waals surface area contributed by atoms with Crippen molar-refractivity contribution in [2.24, 2.45) is 0 Å². The van der Waals surface area contributed by atoms with Gasteiger partial charge in [0.1, 0.15) is 5.69 Å². The minimum Gasteiger partial charge on any atom is -0.343 e. The molecule has 0 aliphatic rings. The zero-order valence-electron chi connectivity index (χ0n) is 13.6. The Labute approximate surface area is 137 Å². The molecule has 0 fully saturated rings. The predicted molar refractivity (Wildman–Crippen MR) is 86.9 cm³/mol. The lowest BCUT2D eigenvalue weighted by atomic mass is 10.3. The molecule has 0 aliphatic carbocycles. The van der Waals surface area contributed by atoms with Crippen LogP contribution in [0.5, 0.6) is 0 Å². The molecule has 0 saturated heterocycles. The molecule has 3 aromatic rings. The lowest BCUT2D eigenvalue weighted by Crippen LogP contribution is -2.26. The van der Waals surface area contributed by atoms with Crippen molar-refractivity contribution in [3.63, 3.8) is 0 Å². The van der Waals surface area contributed by atoms with Crippen LogP contribution in [0.15, 0.2) is 30.7 Å². The fraction of sp³-hybridized carbons (Fsp3) is 0.267. The Kier molecular flexibility index (Phi) is 3.98. The topological polar surface area (TPSA) is 97.4 Å². The van der Waals surface area contributed by atoms with Crippen LogP contribution in [-0.2, 0) is 6.54 Å². The first-order valence-corrected chi connectivity index (χ1v) is 7.40. The molecular weight excluding hydrogens is 310 g/mol. The van der Waals surface area contributed by atoms with Gasteiger partial charge in [0.25, 0.3) is 11.8 Å². The number of fused-ring (bicyclic) bond motifs is 1. The number of nitrogens with one attached hydrogen (secondary N) is 1. The summed E-state index contributed by atoms with van der Waals surface area (Å²) in [5, 5.41) is 11.0. The summed E-state index contributed by atoms with van der Waals surface area (Å²) in [6.45, 7) is 2.39. The largest absolute Gasteiger partial charge is 0.343 e. The van der Waals surface area contributed by atoms with Gasteiger partial charge >= 0.3 is 0 Å². The second-order valence-corrected chi connectivity index (χ2v) is 5.33. The summed E-state index contributed by atoms with van der Waals surface area (Å²) in [6.07, 6.45) is 4.79. The molecule has 0 spiro atoms. The number of rotatable bonds is 4. The second kappa shape index (κ2) is 6.11. The van der Waals surface area contributed by atoms with E-state index in [1.807, 2.05) is 6.92 Å². The van der Waals surface area contributed by atoms with Gasteiger partial charge in [0.05, 0.1) is 11.9 Å². The molecule has 9 nitrogen and oxygen atoms in total. The van der Waals surface area contributed by atoms with Crippen LogP contribution in [0.4, 0.5) is 5.69 Å². The predicted octanol–water partition coefficient (Wildman–Crippen LogP) is 0.900. The zero-order chi connectivity index (χ0) is 17.3. The van der Waals surface area contributed by atoms with Crippen molar-refractivity contribution in [2.45, 2.75) is 13.5 Å². The van der Waals surface area contributed by atoms with Crippen LogP contribution < -0.4 is 5.32 Å². The number of aromatic nitrogens is 5. The summed E-state index contributed by atoms with van der Waals surface area (Å²) in [5.41, 5.74) is 1.46. The summed E-state index contributed by atoms with van der Waals surface area (Å²) in [5.74, 6) is -0.662. The van der Waals surface area contributed by atoms with Crippen LogP contribution in [0.3, 0.4) is 0 Å². The molecular formula is C15H17N7O2. The summed E-state index contributed by atoms with van der Waals surface area (Å²) >= 11 is 0. The van der Waals surface area contributed by atoms with E-state index >= 15 is 0 Å². The van der Waals surface area contributed by atoms with Crippen LogP contribution >= 0.6 is 0 Å². The first kappa shape index (κ1) is 15.7. The minimum absolute atomic E-state index is 0.209. The van der Waals surface area contributed by atoms with E-state index in [0.29, 0.717) is 23.6 Å². The van der Waals surface area contributed by atoms with E-state index in [2.05, 4.69) is 20.5 Å². The van der Waals surface area contributed by atoms with Gasteiger partial charge in [0.15, 0.2) is 11.3 Å². The van der Waals surface area contributed by atoms with E-state index in [1.165, 1.54) is 15.6 Å². The Balaban J connectivity index is 1.91. The molecule has 2 amide bonds. The van der Waals surface area contributed by atoms with Crippen molar-refractivity contribution < 1.29 is 9.59 Å². The number of carbonyl (C=O) groups excluding carboxylic acids is 2. The van der Waals surface area contributed by atoms with Gasteiger partial charge in [-0.05, 0) is 13.0 Å². The van der Waals surface area contributed by atoms with Gasteiger partial charge < -0.3 is 10.2 Å². The van der Waals surface area contributed by atoms with Crippen LogP contribution in [0.25, 0.3) is 5.65 Å². The quantitative estimate of drug-likeness (QED) is 0.768. The van der Waals surface area contributed by atoms with Crippen molar-refractivity contribution in [2.75, 3.05) is 19.4 Å². The third kappa shape index (κ3) is 2.71. The second-order valence-electron chi connectivity index (χ2n) is 5.33. The normalized spacial score (nSPS) is 10.8. The maximum atomic E-state index is 12.4. The molecule has 1 N–H and O–H groups in total. The van der Waals surface area contributed by atoms with Gasteiger partial charge in [-0.1, -0.05) is 0 Å². The fourth-order valence-corrected chi connectivity index (χ4v) is 2.28. The summed E-state index contributed by atoms with van der Waals surface area (Å²) < 4.78 is 3.05. The van der Waals surface area contributed by atoms with Gasteiger partial charge in [-0.3, -0.25) is 14.3 Å². The highest BCUT2D eigenvalue weighted by molar-refractivity contribution is 6.07. The maximum absolute atomic E-state index is 12.4. The van der Waals surface area contributed by atoms with Crippen molar-refractivity contribution in [3.05, 3.63) is 42.1 Å². The van der Waals surface area contributed by atoms with Gasteiger partial charge in [-0.15, -0.1) is 0 Å². The molecule has 0 unspecified atom stereocenters. The Morgan fingerprint density at radius 3 is 2.79 bits per heavy atom. The SMILES string of the molecule is CCn1ncc(NC(=O)c2cc3ncccn3n2)c1C(=O)N(C)C. The molecule has 0 radical (unpaired) electrons. The molecule has 3 aromatic heterocycles. The highest BCUT2D eigenvalue weighted by atomic mass is 16.2. The van der Waals surface area contributed by atoms with Crippen molar-refractivity contribution >= 4 is 23.1 Å². The number of hydrogen-bond donors (Lipinski definition) is 1. The third-order valence-electron chi connectivity index (χ3n) is 3.46. The number of carbonyl (C=O) groups is 2. The Morgan fingerprint density at radius 1 is 1.33 bits per heavy atom. The van der Waals surface area contributed by atoms with Crippen LogP contribution in [0.1, 0.15) is 27.9 Å². The van der Waals surface area contributed by atoms with E-state index in [-0.39, 0.29) is 11.6 Å². The minimum atomic E-state index is -0.427. The third-order valence-corrected chi connectivity index (χ3v) is 3.46. The Hall–Kier alpha value is -3.23. The van der Waals surface area contributed by atoms with Crippen LogP contribution in [0.2, 0.25) is 0 Å². The standard InChI is InChI=1S/C15H17N7O2/c1-4-21-13(15(24)20(2)3)11(9-17-21)18-14(23)10-8-12-16-6-5-7-22(12)19-10/h5-9H,4H2,1-3H3,(H,18,23). The van der Waals surface area contributed by atoms with Gasteiger partial charge in [0, 0.05) is 39.1 Å². The van der Waals surface area contributed by atoms with E-state index in [1.54, 1.807) is 43.3 Å². The number of aryl methyl sites for hydroxylation is 1. The zero-order valence-corrected chi connectivity index (χ0v) is 13.6. The molecule has 3 rings (SSSR count). The highest BCUT2D eigenvalue weighted by Crippen LogP contribution is 2.18. The molecule has 9 heteroatoms. The lowest BCUT2D eigenvalue weighted by molar-refractivity contribution is 0.0816.